The Kier molecular flexibility index (Phi) is 27.7. The van der Waals surface area contributed by atoms with E-state index in [2.05, 4.69) is 84.2 Å². The molecule has 0 aromatic rings. The monoisotopic (exact) mass is 902 g/mol. The smallest absolute Gasteiger partial charge is 0.329 e. The van der Waals surface area contributed by atoms with Crippen LogP contribution in [0.15, 0.2) is 38.0 Å². The Morgan fingerprint density at radius 1 is 0.695 bits per heavy atom. The first-order valence-electron chi connectivity index (χ1n) is 19.7. The molecule has 18 heteroatoms. The molecule has 0 fully saturated rings. The van der Waals surface area contributed by atoms with Crippen LogP contribution in [0.3, 0.4) is 0 Å². The molecule has 0 rings (SSSR count). The van der Waals surface area contributed by atoms with Crippen molar-refractivity contribution in [2.24, 2.45) is 5.41 Å². The molecule has 3 amide bonds. The molecule has 0 bridgehead atoms. The molecule has 0 saturated carbocycles. The zero-order valence-corrected chi connectivity index (χ0v) is 37.5. The molecule has 0 aromatic heterocycles. The van der Waals surface area contributed by atoms with Crippen LogP contribution in [0.5, 0.6) is 0 Å². The minimum absolute atomic E-state index is 0.0133. The molecule has 3 N–H and O–H groups in total. The first-order chi connectivity index (χ1) is 27.7. The number of esters is 5. The van der Waals surface area contributed by atoms with Gasteiger partial charge in [-0.05, 0) is 80.6 Å². The second-order valence-electron chi connectivity index (χ2n) is 14.9. The van der Waals surface area contributed by atoms with Gasteiger partial charge in [-0.3, -0.25) is 24.1 Å². The summed E-state index contributed by atoms with van der Waals surface area (Å²) < 4.78 is 30.2. The summed E-state index contributed by atoms with van der Waals surface area (Å²) in [6.45, 7) is 24.1. The molecular formula is C41H67BrN4O13. The van der Waals surface area contributed by atoms with Crippen LogP contribution in [0, 0.1) is 5.41 Å². The summed E-state index contributed by atoms with van der Waals surface area (Å²) in [4.78, 5) is 90.3. The standard InChI is InChI=1S/C41H67BrN4O13/c1-11-21-55-34(48)18-17-32(36(50)57-23-13-3)45-39(53)44-31(35(49)56-22-12-2)16-14-15-19-43-33(47)27-54-25-26-59-37(51)40(8,9)28-41(10,42)38(52)58-24-20-46(29(4)5)30(6)7/h11-13,29-32H,1-3,14-28H2,4-10H3,(H,43,47)(H2,44,45,53). The first kappa shape index (κ1) is 54.7. The molecule has 0 spiro atoms. The van der Waals surface area contributed by atoms with Crippen molar-refractivity contribution in [3.05, 3.63) is 38.0 Å². The van der Waals surface area contributed by atoms with E-state index in [0.717, 1.165) is 0 Å². The number of nitrogens with zero attached hydrogens (tertiary/aromatic N) is 1. The molecule has 336 valence electrons. The average Bonchev–Trinajstić information content (AvgIpc) is 3.16. The molecule has 0 aliphatic heterocycles. The third kappa shape index (κ3) is 24.4. The third-order valence-corrected chi connectivity index (χ3v) is 9.07. The van der Waals surface area contributed by atoms with Gasteiger partial charge in [0.15, 0.2) is 0 Å². The highest BCUT2D eigenvalue weighted by molar-refractivity contribution is 9.10. The Labute approximate surface area is 357 Å². The number of halogens is 1. The Balaban J connectivity index is 4.81. The zero-order chi connectivity index (χ0) is 45.0. The molecule has 0 aliphatic carbocycles. The van der Waals surface area contributed by atoms with Gasteiger partial charge in [-0.15, -0.1) is 0 Å². The van der Waals surface area contributed by atoms with Crippen LogP contribution in [0.25, 0.3) is 0 Å². The van der Waals surface area contributed by atoms with E-state index in [9.17, 15) is 33.6 Å². The number of urea groups is 1. The Hall–Kier alpha value is -4.29. The van der Waals surface area contributed by atoms with E-state index in [1.54, 1.807) is 20.8 Å². The summed E-state index contributed by atoms with van der Waals surface area (Å²) in [5, 5.41) is 7.61. The number of carbonyl (C=O) groups excluding carboxylic acids is 7. The van der Waals surface area contributed by atoms with Gasteiger partial charge in [0.05, 0.1) is 12.0 Å². The minimum atomic E-state index is -1.23. The highest BCUT2D eigenvalue weighted by atomic mass is 79.9. The van der Waals surface area contributed by atoms with Crippen molar-refractivity contribution in [3.8, 4) is 0 Å². The second kappa shape index (κ2) is 29.8. The number of amides is 3. The maximum absolute atomic E-state index is 12.9. The maximum Gasteiger partial charge on any atom is 0.329 e. The van der Waals surface area contributed by atoms with Crippen LogP contribution < -0.4 is 16.0 Å². The fourth-order valence-corrected chi connectivity index (χ4v) is 6.43. The van der Waals surface area contributed by atoms with Crippen molar-refractivity contribution in [1.82, 2.24) is 20.9 Å². The van der Waals surface area contributed by atoms with E-state index in [1.165, 1.54) is 18.2 Å². The number of rotatable bonds is 32. The lowest BCUT2D eigenvalue weighted by molar-refractivity contribution is -0.158. The summed E-state index contributed by atoms with van der Waals surface area (Å²) in [5.74, 6) is -3.60. The lowest BCUT2D eigenvalue weighted by atomic mass is 9.83. The van der Waals surface area contributed by atoms with Crippen LogP contribution in [0.1, 0.15) is 87.0 Å². The quantitative estimate of drug-likeness (QED) is 0.0286. The third-order valence-electron chi connectivity index (χ3n) is 8.46. The highest BCUT2D eigenvalue weighted by Gasteiger charge is 2.42. The van der Waals surface area contributed by atoms with Gasteiger partial charge in [0.2, 0.25) is 5.91 Å². The molecule has 0 saturated heterocycles. The number of nitrogens with one attached hydrogen (secondary N) is 3. The minimum Gasteiger partial charge on any atom is -0.463 e. The molecule has 3 unspecified atom stereocenters. The molecule has 3 atom stereocenters. The summed E-state index contributed by atoms with van der Waals surface area (Å²) in [7, 11) is 0. The van der Waals surface area contributed by atoms with E-state index >= 15 is 0 Å². The number of hydrogen-bond acceptors (Lipinski definition) is 14. The van der Waals surface area contributed by atoms with Crippen molar-refractivity contribution in [2.75, 3.05) is 59.3 Å². The van der Waals surface area contributed by atoms with Crippen molar-refractivity contribution in [3.63, 3.8) is 0 Å². The van der Waals surface area contributed by atoms with Crippen LogP contribution >= 0.6 is 15.9 Å². The Morgan fingerprint density at radius 2 is 1.22 bits per heavy atom. The van der Waals surface area contributed by atoms with Crippen molar-refractivity contribution >= 4 is 57.7 Å². The van der Waals surface area contributed by atoms with Crippen LogP contribution in [-0.4, -0.2) is 135 Å². The van der Waals surface area contributed by atoms with E-state index in [-0.39, 0.29) is 78.5 Å². The van der Waals surface area contributed by atoms with Crippen LogP contribution in [-0.2, 0) is 57.2 Å². The molecule has 59 heavy (non-hydrogen) atoms. The summed E-state index contributed by atoms with van der Waals surface area (Å²) in [5.41, 5.74) is -1.04. The SMILES string of the molecule is C=CCOC(=O)CCC(NC(=O)NC(CCCCNC(=O)COCCOC(=O)C(C)(C)CC(C)(Br)C(=O)OCCN(C(C)C)C(C)C)C(=O)OCC=C)C(=O)OCC=C. The van der Waals surface area contributed by atoms with Crippen LogP contribution in [0.4, 0.5) is 4.79 Å². The lowest BCUT2D eigenvalue weighted by Gasteiger charge is -2.32. The summed E-state index contributed by atoms with van der Waals surface area (Å²) in [6.07, 6.45) is 4.80. The van der Waals surface area contributed by atoms with Crippen molar-refractivity contribution < 1.29 is 62.0 Å². The van der Waals surface area contributed by atoms with Gasteiger partial charge in [-0.1, -0.05) is 53.9 Å². The number of hydrogen-bond donors (Lipinski definition) is 3. The number of unbranched alkanes of at least 4 members (excludes halogenated alkanes) is 1. The largest absolute Gasteiger partial charge is 0.463 e. The number of carbonyl (C=O) groups is 7. The van der Waals surface area contributed by atoms with Gasteiger partial charge < -0.3 is 44.4 Å². The zero-order valence-electron chi connectivity index (χ0n) is 35.9. The Morgan fingerprint density at radius 3 is 1.76 bits per heavy atom. The van der Waals surface area contributed by atoms with Gasteiger partial charge in [0.1, 0.15) is 56.0 Å². The van der Waals surface area contributed by atoms with Gasteiger partial charge >= 0.3 is 35.9 Å². The normalized spacial score (nSPS) is 13.3. The highest BCUT2D eigenvalue weighted by Crippen LogP contribution is 2.36. The average molecular weight is 904 g/mol. The fourth-order valence-electron chi connectivity index (χ4n) is 5.61. The van der Waals surface area contributed by atoms with Crippen molar-refractivity contribution in [2.45, 2.75) is 115 Å². The number of ether oxygens (including phenoxy) is 6. The molecule has 0 aliphatic rings. The lowest BCUT2D eigenvalue weighted by Crippen LogP contribution is -2.52. The topological polar surface area (TPSA) is 214 Å². The van der Waals surface area contributed by atoms with Gasteiger partial charge in [-0.2, -0.15) is 0 Å². The molecule has 17 nitrogen and oxygen atoms in total. The van der Waals surface area contributed by atoms with Crippen molar-refractivity contribution in [1.29, 1.82) is 0 Å². The van der Waals surface area contributed by atoms with E-state index in [4.69, 9.17) is 28.4 Å². The first-order valence-corrected chi connectivity index (χ1v) is 20.5. The predicted molar refractivity (Wildman–Crippen MR) is 224 cm³/mol. The van der Waals surface area contributed by atoms with E-state index in [0.29, 0.717) is 31.5 Å². The van der Waals surface area contributed by atoms with Gasteiger partial charge in [-0.25, -0.2) is 14.4 Å². The predicted octanol–water partition coefficient (Wildman–Crippen LogP) is 4.07. The van der Waals surface area contributed by atoms with E-state index < -0.39 is 63.6 Å². The second-order valence-corrected chi connectivity index (χ2v) is 16.7. The molecule has 0 heterocycles. The van der Waals surface area contributed by atoms with Crippen LogP contribution in [0.2, 0.25) is 0 Å². The number of alkyl halides is 1. The maximum atomic E-state index is 12.9. The molecular weight excluding hydrogens is 836 g/mol. The van der Waals surface area contributed by atoms with Gasteiger partial charge in [0.25, 0.3) is 0 Å². The molecule has 0 radical (unpaired) electrons. The Bertz CT molecular complexity index is 1380. The summed E-state index contributed by atoms with van der Waals surface area (Å²) >= 11 is 3.44. The van der Waals surface area contributed by atoms with E-state index in [1.807, 2.05) is 0 Å². The fraction of sp³-hybridized carbons (Fsp3) is 0.683. The van der Waals surface area contributed by atoms with Gasteiger partial charge in [0, 0.05) is 31.6 Å². The molecule has 0 aromatic carbocycles. The summed E-state index contributed by atoms with van der Waals surface area (Å²) in [6, 6.07) is -2.63.